The van der Waals surface area contributed by atoms with Crippen molar-refractivity contribution < 1.29 is 14.6 Å². The zero-order chi connectivity index (χ0) is 19.0. The highest BCUT2D eigenvalue weighted by Gasteiger charge is 2.34. The van der Waals surface area contributed by atoms with E-state index in [1.165, 1.54) is 5.56 Å². The third kappa shape index (κ3) is 5.35. The summed E-state index contributed by atoms with van der Waals surface area (Å²) >= 11 is 0. The lowest BCUT2D eigenvalue weighted by Gasteiger charge is -2.30. The fourth-order valence-electron chi connectivity index (χ4n) is 3.25. The number of ether oxygens (including phenoxy) is 2. The van der Waals surface area contributed by atoms with Crippen LogP contribution >= 0.6 is 0 Å². The van der Waals surface area contributed by atoms with Crippen LogP contribution in [-0.4, -0.2) is 58.1 Å². The van der Waals surface area contributed by atoms with E-state index in [9.17, 15) is 5.11 Å². The number of aliphatic imine (C=N–C) groups is 1. The van der Waals surface area contributed by atoms with Gasteiger partial charge in [0.1, 0.15) is 5.75 Å². The van der Waals surface area contributed by atoms with E-state index in [0.29, 0.717) is 6.61 Å². The largest absolute Gasteiger partial charge is 0.497 e. The summed E-state index contributed by atoms with van der Waals surface area (Å²) in [6.45, 7) is 7.50. The van der Waals surface area contributed by atoms with Crippen LogP contribution < -0.4 is 15.4 Å². The minimum absolute atomic E-state index is 0.00527. The van der Waals surface area contributed by atoms with E-state index in [1.807, 2.05) is 12.1 Å². The predicted octanol–water partition coefficient (Wildman–Crippen LogP) is 1.93. The molecule has 1 atom stereocenters. The van der Waals surface area contributed by atoms with Gasteiger partial charge in [0, 0.05) is 44.2 Å². The van der Waals surface area contributed by atoms with E-state index in [0.717, 1.165) is 44.2 Å². The summed E-state index contributed by atoms with van der Waals surface area (Å²) < 4.78 is 10.9. The number of rotatable bonds is 8. The van der Waals surface area contributed by atoms with Crippen LogP contribution in [0.25, 0.3) is 0 Å². The number of hydrogen-bond donors (Lipinski definition) is 3. The van der Waals surface area contributed by atoms with Crippen molar-refractivity contribution in [2.24, 2.45) is 10.4 Å². The highest BCUT2D eigenvalue weighted by Crippen LogP contribution is 2.31. The number of guanidine groups is 1. The van der Waals surface area contributed by atoms with Crippen LogP contribution in [0.3, 0.4) is 0 Å². The second-order valence-electron chi connectivity index (χ2n) is 7.67. The Morgan fingerprint density at radius 3 is 2.81 bits per heavy atom. The number of aliphatic hydroxyl groups excluding tert-OH is 1. The summed E-state index contributed by atoms with van der Waals surface area (Å²) in [5.41, 5.74) is 1.13. The van der Waals surface area contributed by atoms with Crippen LogP contribution in [0, 0.1) is 5.41 Å². The average molecular weight is 364 g/mol. The van der Waals surface area contributed by atoms with Crippen molar-refractivity contribution in [3.8, 4) is 5.75 Å². The summed E-state index contributed by atoms with van der Waals surface area (Å²) in [7, 11) is 3.46. The van der Waals surface area contributed by atoms with Crippen LogP contribution in [0.2, 0.25) is 0 Å². The molecule has 0 amide bonds. The molecule has 0 spiro atoms. The Morgan fingerprint density at radius 1 is 1.38 bits per heavy atom. The van der Waals surface area contributed by atoms with E-state index in [-0.39, 0.29) is 17.4 Å². The van der Waals surface area contributed by atoms with Gasteiger partial charge in [-0.15, -0.1) is 0 Å². The molecule has 146 valence electrons. The van der Waals surface area contributed by atoms with Crippen LogP contribution in [-0.2, 0) is 10.2 Å². The third-order valence-corrected chi connectivity index (χ3v) is 5.23. The van der Waals surface area contributed by atoms with Gasteiger partial charge in [-0.2, -0.15) is 0 Å². The number of methoxy groups -OCH3 is 1. The molecular weight excluding hydrogens is 330 g/mol. The lowest BCUT2D eigenvalue weighted by molar-refractivity contribution is 0.127. The summed E-state index contributed by atoms with van der Waals surface area (Å²) in [6, 6.07) is 8.16. The number of benzene rings is 1. The molecule has 1 saturated heterocycles. The molecule has 0 bridgehead atoms. The number of aliphatic hydroxyl groups is 1. The monoisotopic (exact) mass is 363 g/mol. The van der Waals surface area contributed by atoms with Crippen molar-refractivity contribution in [3.05, 3.63) is 29.8 Å². The Kier molecular flexibility index (Phi) is 7.29. The molecular formula is C20H33N3O3. The molecule has 0 radical (unpaired) electrons. The van der Waals surface area contributed by atoms with Gasteiger partial charge in [0.05, 0.1) is 13.7 Å². The molecule has 26 heavy (non-hydrogen) atoms. The molecule has 0 aliphatic carbocycles. The molecule has 1 aromatic carbocycles. The lowest BCUT2D eigenvalue weighted by Crippen LogP contribution is -2.47. The zero-order valence-corrected chi connectivity index (χ0v) is 16.5. The fraction of sp³-hybridized carbons (Fsp3) is 0.650. The molecule has 1 aromatic rings. The second kappa shape index (κ2) is 9.24. The average Bonchev–Trinajstić information content (AvgIpc) is 3.11. The van der Waals surface area contributed by atoms with E-state index in [4.69, 9.17) is 9.47 Å². The quantitative estimate of drug-likeness (QED) is 0.486. The summed E-state index contributed by atoms with van der Waals surface area (Å²) in [6.07, 6.45) is 1.71. The SMILES string of the molecule is CN=C(NCC1(CCO)CCOC1)NCC(C)(C)c1cccc(OC)c1. The van der Waals surface area contributed by atoms with Gasteiger partial charge in [0.15, 0.2) is 5.96 Å². The summed E-state index contributed by atoms with van der Waals surface area (Å²) in [5.74, 6) is 1.63. The number of nitrogens with one attached hydrogen (secondary N) is 2. The molecule has 1 aliphatic heterocycles. The minimum atomic E-state index is -0.0780. The molecule has 1 aliphatic rings. The van der Waals surface area contributed by atoms with E-state index < -0.39 is 0 Å². The molecule has 6 nitrogen and oxygen atoms in total. The van der Waals surface area contributed by atoms with Crippen molar-refractivity contribution in [2.75, 3.05) is 47.1 Å². The molecule has 1 unspecified atom stereocenters. The lowest BCUT2D eigenvalue weighted by atomic mass is 9.84. The van der Waals surface area contributed by atoms with Gasteiger partial charge in [-0.05, 0) is 30.5 Å². The minimum Gasteiger partial charge on any atom is -0.497 e. The van der Waals surface area contributed by atoms with Crippen LogP contribution in [0.5, 0.6) is 5.75 Å². The Morgan fingerprint density at radius 2 is 2.19 bits per heavy atom. The van der Waals surface area contributed by atoms with Gasteiger partial charge in [0.25, 0.3) is 0 Å². The molecule has 6 heteroatoms. The van der Waals surface area contributed by atoms with Gasteiger partial charge < -0.3 is 25.2 Å². The highest BCUT2D eigenvalue weighted by atomic mass is 16.5. The van der Waals surface area contributed by atoms with Crippen LogP contribution in [0.1, 0.15) is 32.3 Å². The van der Waals surface area contributed by atoms with Gasteiger partial charge in [-0.3, -0.25) is 4.99 Å². The third-order valence-electron chi connectivity index (χ3n) is 5.23. The summed E-state index contributed by atoms with van der Waals surface area (Å²) in [5, 5.41) is 16.2. The maximum atomic E-state index is 9.35. The maximum absolute atomic E-state index is 9.35. The molecule has 3 N–H and O–H groups in total. The fourth-order valence-corrected chi connectivity index (χ4v) is 3.25. The molecule has 1 heterocycles. The topological polar surface area (TPSA) is 75.1 Å². The molecule has 2 rings (SSSR count). The Labute approximate surface area is 157 Å². The van der Waals surface area contributed by atoms with Crippen molar-refractivity contribution in [2.45, 2.75) is 32.1 Å². The van der Waals surface area contributed by atoms with E-state index in [2.05, 4.69) is 41.6 Å². The van der Waals surface area contributed by atoms with Gasteiger partial charge in [-0.1, -0.05) is 26.0 Å². The van der Waals surface area contributed by atoms with Crippen molar-refractivity contribution in [3.63, 3.8) is 0 Å². The number of hydrogen-bond acceptors (Lipinski definition) is 4. The first-order chi connectivity index (χ1) is 12.4. The van der Waals surface area contributed by atoms with Gasteiger partial charge >= 0.3 is 0 Å². The van der Waals surface area contributed by atoms with Crippen molar-refractivity contribution in [1.82, 2.24) is 10.6 Å². The van der Waals surface area contributed by atoms with Gasteiger partial charge in [0.2, 0.25) is 0 Å². The summed E-state index contributed by atoms with van der Waals surface area (Å²) in [4.78, 5) is 4.34. The number of nitrogens with zero attached hydrogens (tertiary/aromatic N) is 1. The Balaban J connectivity index is 1.93. The molecule has 0 aromatic heterocycles. The zero-order valence-electron chi connectivity index (χ0n) is 16.5. The second-order valence-corrected chi connectivity index (χ2v) is 7.67. The predicted molar refractivity (Wildman–Crippen MR) is 105 cm³/mol. The normalized spacial score (nSPS) is 20.9. The highest BCUT2D eigenvalue weighted by molar-refractivity contribution is 5.79. The molecule has 0 saturated carbocycles. The Bertz CT molecular complexity index is 596. The maximum Gasteiger partial charge on any atom is 0.191 e. The van der Waals surface area contributed by atoms with E-state index in [1.54, 1.807) is 14.2 Å². The van der Waals surface area contributed by atoms with E-state index >= 15 is 0 Å². The van der Waals surface area contributed by atoms with Crippen LogP contribution in [0.4, 0.5) is 0 Å². The standard InChI is InChI=1S/C20H33N3O3/c1-19(2,16-6-5-7-17(12-16)25-4)13-22-18(21-3)23-14-20(8-10-24)9-11-26-15-20/h5-7,12,24H,8-11,13-15H2,1-4H3,(H2,21,22,23). The van der Waals surface area contributed by atoms with Crippen LogP contribution in [0.15, 0.2) is 29.3 Å². The first-order valence-electron chi connectivity index (χ1n) is 9.22. The van der Waals surface area contributed by atoms with Gasteiger partial charge in [-0.25, -0.2) is 0 Å². The molecule has 1 fully saturated rings. The smallest absolute Gasteiger partial charge is 0.191 e. The first-order valence-corrected chi connectivity index (χ1v) is 9.22. The van der Waals surface area contributed by atoms with Crippen molar-refractivity contribution in [1.29, 1.82) is 0 Å². The first kappa shape index (κ1) is 20.5. The Hall–Kier alpha value is -1.79. The van der Waals surface area contributed by atoms with Crippen molar-refractivity contribution >= 4 is 5.96 Å².